The molecule has 0 spiro atoms. The standard InChI is InChI=1S/C14H16O.2ClH.Ti/c1-14(2,15)13-10-6-5-9-12(13)11-7-3-4-8-11;;;/h3-11,15H,1-2H3;2*1H;/q;;;+2/p-2. The van der Waals surface area contributed by atoms with Gasteiger partial charge in [-0.05, 0) is 25.0 Å². The molecule has 0 bridgehead atoms. The summed E-state index contributed by atoms with van der Waals surface area (Å²) in [7, 11) is 0. The summed E-state index contributed by atoms with van der Waals surface area (Å²) >= 11 is 0. The van der Waals surface area contributed by atoms with E-state index in [9.17, 15) is 5.11 Å². The third-order valence-electron chi connectivity index (χ3n) is 2.73. The first-order valence-corrected chi connectivity index (χ1v) is 5.26. The topological polar surface area (TPSA) is 20.2 Å². The van der Waals surface area contributed by atoms with E-state index in [1.54, 1.807) is 0 Å². The summed E-state index contributed by atoms with van der Waals surface area (Å²) in [6.45, 7) is 3.66. The molecule has 0 aromatic heterocycles. The molecule has 1 nitrogen and oxygen atoms in total. The maximum atomic E-state index is 10.1. The maximum absolute atomic E-state index is 10.1. The second kappa shape index (κ2) is 8.19. The Bertz CT molecular complexity index is 410. The Morgan fingerprint density at radius 1 is 1.00 bits per heavy atom. The Labute approximate surface area is 136 Å². The quantitative estimate of drug-likeness (QED) is 0.581. The van der Waals surface area contributed by atoms with Crippen molar-refractivity contribution < 1.29 is 51.6 Å². The maximum Gasteiger partial charge on any atom is 2.00 e. The van der Waals surface area contributed by atoms with E-state index in [1.165, 1.54) is 5.56 Å². The molecule has 1 aromatic carbocycles. The predicted molar refractivity (Wildman–Crippen MR) is 62.7 cm³/mol. The SMILES string of the molecule is CC(C)(O)c1ccccc1C1C=CC=C1.[Cl-].[Cl-].[Ti+2]. The normalized spacial score (nSPS) is 13.5. The van der Waals surface area contributed by atoms with Crippen molar-refractivity contribution in [1.82, 2.24) is 0 Å². The number of hydrogen-bond donors (Lipinski definition) is 1. The average Bonchev–Trinajstić information content (AvgIpc) is 2.69. The van der Waals surface area contributed by atoms with Crippen LogP contribution in [0.1, 0.15) is 30.9 Å². The van der Waals surface area contributed by atoms with Crippen molar-refractivity contribution in [1.29, 1.82) is 0 Å². The third kappa shape index (κ3) is 4.57. The smallest absolute Gasteiger partial charge is 1.00 e. The summed E-state index contributed by atoms with van der Waals surface area (Å²) in [5.74, 6) is 0.313. The number of rotatable bonds is 2. The van der Waals surface area contributed by atoms with Crippen molar-refractivity contribution in [3.8, 4) is 0 Å². The molecular weight excluding hydrogens is 303 g/mol. The van der Waals surface area contributed by atoms with E-state index >= 15 is 0 Å². The summed E-state index contributed by atoms with van der Waals surface area (Å²) in [5.41, 5.74) is 1.42. The second-order valence-electron chi connectivity index (χ2n) is 4.44. The molecule has 96 valence electrons. The Kier molecular flexibility index (Phi) is 9.23. The second-order valence-corrected chi connectivity index (χ2v) is 4.44. The molecule has 1 aromatic rings. The van der Waals surface area contributed by atoms with Gasteiger partial charge in [-0.2, -0.15) is 0 Å². The van der Waals surface area contributed by atoms with Crippen LogP contribution in [0.5, 0.6) is 0 Å². The van der Waals surface area contributed by atoms with Crippen molar-refractivity contribution in [2.24, 2.45) is 0 Å². The Balaban J connectivity index is 0. The summed E-state index contributed by atoms with van der Waals surface area (Å²) in [4.78, 5) is 0. The first-order valence-electron chi connectivity index (χ1n) is 5.26. The minimum atomic E-state index is -0.777. The number of aliphatic hydroxyl groups is 1. The Morgan fingerprint density at radius 3 is 2.00 bits per heavy atom. The van der Waals surface area contributed by atoms with Gasteiger partial charge in [0.2, 0.25) is 0 Å². The number of allylic oxidation sites excluding steroid dienone is 4. The molecule has 0 fully saturated rings. The van der Waals surface area contributed by atoms with Gasteiger partial charge in [-0.25, -0.2) is 0 Å². The molecule has 0 amide bonds. The van der Waals surface area contributed by atoms with Crippen LogP contribution >= 0.6 is 0 Å². The molecule has 1 aliphatic carbocycles. The van der Waals surface area contributed by atoms with Gasteiger partial charge < -0.3 is 29.9 Å². The molecular formula is C14H16Cl2OTi. The van der Waals surface area contributed by atoms with Gasteiger partial charge in [0.05, 0.1) is 5.60 Å². The Hall–Kier alpha value is -0.0457. The zero-order valence-electron chi connectivity index (χ0n) is 10.4. The van der Waals surface area contributed by atoms with Crippen molar-refractivity contribution >= 4 is 0 Å². The van der Waals surface area contributed by atoms with Gasteiger partial charge in [-0.1, -0.05) is 48.6 Å². The first-order chi connectivity index (χ1) is 7.09. The third-order valence-corrected chi connectivity index (χ3v) is 2.73. The van der Waals surface area contributed by atoms with E-state index in [1.807, 2.05) is 44.2 Å². The fraction of sp³-hybridized carbons (Fsp3) is 0.286. The van der Waals surface area contributed by atoms with E-state index < -0.39 is 5.60 Å². The van der Waals surface area contributed by atoms with Gasteiger partial charge in [0, 0.05) is 5.92 Å². The van der Waals surface area contributed by atoms with Crippen LogP contribution < -0.4 is 24.8 Å². The zero-order valence-corrected chi connectivity index (χ0v) is 13.5. The van der Waals surface area contributed by atoms with Crippen LogP contribution in [0, 0.1) is 0 Å². The van der Waals surface area contributed by atoms with E-state index in [0.29, 0.717) is 5.92 Å². The molecule has 0 atom stereocenters. The fourth-order valence-corrected chi connectivity index (χ4v) is 1.98. The Morgan fingerprint density at radius 2 is 1.50 bits per heavy atom. The van der Waals surface area contributed by atoms with Crippen LogP contribution in [0.2, 0.25) is 0 Å². The minimum Gasteiger partial charge on any atom is -1.00 e. The van der Waals surface area contributed by atoms with Crippen molar-refractivity contribution in [2.45, 2.75) is 25.4 Å². The molecule has 2 rings (SSSR count). The molecule has 0 unspecified atom stereocenters. The van der Waals surface area contributed by atoms with Gasteiger partial charge >= 0.3 is 21.7 Å². The van der Waals surface area contributed by atoms with Crippen molar-refractivity contribution in [2.75, 3.05) is 0 Å². The summed E-state index contributed by atoms with van der Waals surface area (Å²) in [5, 5.41) is 10.1. The van der Waals surface area contributed by atoms with Gasteiger partial charge in [0.15, 0.2) is 0 Å². The van der Waals surface area contributed by atoms with Crippen LogP contribution in [0.4, 0.5) is 0 Å². The van der Waals surface area contributed by atoms with Crippen LogP contribution in [-0.2, 0) is 27.3 Å². The van der Waals surface area contributed by atoms with Crippen molar-refractivity contribution in [3.63, 3.8) is 0 Å². The van der Waals surface area contributed by atoms with E-state index in [-0.39, 0.29) is 46.5 Å². The molecule has 0 heterocycles. The average molecular weight is 319 g/mol. The molecule has 0 aliphatic heterocycles. The fourth-order valence-electron chi connectivity index (χ4n) is 1.98. The zero-order chi connectivity index (χ0) is 10.9. The molecule has 0 saturated carbocycles. The van der Waals surface area contributed by atoms with Crippen LogP contribution in [0.3, 0.4) is 0 Å². The van der Waals surface area contributed by atoms with E-state index in [4.69, 9.17) is 0 Å². The number of halogens is 2. The van der Waals surface area contributed by atoms with E-state index in [2.05, 4.69) is 18.2 Å². The van der Waals surface area contributed by atoms with Gasteiger partial charge in [0.25, 0.3) is 0 Å². The van der Waals surface area contributed by atoms with Gasteiger partial charge in [-0.15, -0.1) is 0 Å². The predicted octanol–water partition coefficient (Wildman–Crippen LogP) is -2.87. The number of hydrogen-bond acceptors (Lipinski definition) is 1. The van der Waals surface area contributed by atoms with Crippen molar-refractivity contribution in [3.05, 3.63) is 59.7 Å². The molecule has 18 heavy (non-hydrogen) atoms. The molecule has 0 saturated heterocycles. The summed E-state index contributed by atoms with van der Waals surface area (Å²) in [6.07, 6.45) is 8.38. The van der Waals surface area contributed by atoms with Gasteiger partial charge in [0.1, 0.15) is 0 Å². The molecule has 0 radical (unpaired) electrons. The molecule has 1 N–H and O–H groups in total. The summed E-state index contributed by atoms with van der Waals surface area (Å²) in [6, 6.07) is 8.07. The van der Waals surface area contributed by atoms with Crippen LogP contribution in [-0.4, -0.2) is 5.11 Å². The monoisotopic (exact) mass is 318 g/mol. The number of benzene rings is 1. The van der Waals surface area contributed by atoms with Gasteiger partial charge in [-0.3, -0.25) is 0 Å². The molecule has 4 heteroatoms. The van der Waals surface area contributed by atoms with E-state index in [0.717, 1.165) is 5.56 Å². The minimum absolute atomic E-state index is 0. The molecule has 1 aliphatic rings. The van der Waals surface area contributed by atoms with Crippen LogP contribution in [0.25, 0.3) is 0 Å². The van der Waals surface area contributed by atoms with Crippen LogP contribution in [0.15, 0.2) is 48.6 Å². The summed E-state index contributed by atoms with van der Waals surface area (Å²) < 4.78 is 0. The first kappa shape index (κ1) is 20.3. The largest absolute Gasteiger partial charge is 2.00 e.